The first-order valence-electron chi connectivity index (χ1n) is 8.78. The van der Waals surface area contributed by atoms with Crippen LogP contribution in [0.3, 0.4) is 0 Å². The van der Waals surface area contributed by atoms with Crippen molar-refractivity contribution in [2.24, 2.45) is 7.05 Å². The number of hydrogen-bond donors (Lipinski definition) is 1. The molecule has 1 N–H and O–H groups in total. The number of non-ortho nitro benzene ring substituents is 1. The van der Waals surface area contributed by atoms with Crippen molar-refractivity contribution in [1.82, 2.24) is 9.36 Å². The third kappa shape index (κ3) is 3.79. The first-order valence-corrected chi connectivity index (χ1v) is 10.3. The van der Waals surface area contributed by atoms with Gasteiger partial charge in [0.15, 0.2) is 0 Å². The Balaban J connectivity index is 2.11. The quantitative estimate of drug-likeness (QED) is 0.490. The Labute approximate surface area is 167 Å². The number of nitrogens with one attached hydrogen (secondary N) is 1. The molecule has 152 valence electrons. The number of nitro groups is 1. The number of hydrogen-bond acceptors (Lipinski definition) is 5. The van der Waals surface area contributed by atoms with Crippen molar-refractivity contribution in [2.45, 2.75) is 24.7 Å². The number of nitrogens with zero attached hydrogens (tertiary/aromatic N) is 3. The summed E-state index contributed by atoms with van der Waals surface area (Å²) in [6, 6.07) is 13.4. The van der Waals surface area contributed by atoms with Crippen molar-refractivity contribution in [3.63, 3.8) is 0 Å². The van der Waals surface area contributed by atoms with Gasteiger partial charge in [0, 0.05) is 19.2 Å². The topological polar surface area (TPSA) is 116 Å². The highest BCUT2D eigenvalue weighted by Gasteiger charge is 2.26. The second kappa shape index (κ2) is 7.55. The van der Waals surface area contributed by atoms with Crippen LogP contribution < -0.4 is 10.3 Å². The summed E-state index contributed by atoms with van der Waals surface area (Å²) in [6.07, 6.45) is 0. The third-order valence-corrected chi connectivity index (χ3v) is 5.82. The van der Waals surface area contributed by atoms with Gasteiger partial charge in [-0.2, -0.15) is 0 Å². The fourth-order valence-corrected chi connectivity index (χ4v) is 4.25. The molecule has 0 unspecified atom stereocenters. The van der Waals surface area contributed by atoms with E-state index in [4.69, 9.17) is 0 Å². The molecule has 9 nitrogen and oxygen atoms in total. The second-order valence-electron chi connectivity index (χ2n) is 6.75. The molecule has 0 amide bonds. The summed E-state index contributed by atoms with van der Waals surface area (Å²) >= 11 is 0. The molecule has 0 radical (unpaired) electrons. The average Bonchev–Trinajstić information content (AvgIpc) is 2.92. The number of rotatable bonds is 6. The van der Waals surface area contributed by atoms with Gasteiger partial charge in [-0.25, -0.2) is 13.1 Å². The average molecular weight is 416 g/mol. The Morgan fingerprint density at radius 3 is 2.14 bits per heavy atom. The highest BCUT2D eigenvalue weighted by atomic mass is 32.2. The van der Waals surface area contributed by atoms with Gasteiger partial charge >= 0.3 is 0 Å². The van der Waals surface area contributed by atoms with Gasteiger partial charge < -0.3 is 0 Å². The van der Waals surface area contributed by atoms with Crippen molar-refractivity contribution in [3.8, 4) is 5.69 Å². The van der Waals surface area contributed by atoms with Crippen molar-refractivity contribution in [3.05, 3.63) is 80.8 Å². The molecule has 3 aromatic rings. The third-order valence-electron chi connectivity index (χ3n) is 4.45. The Bertz CT molecular complexity index is 1210. The van der Waals surface area contributed by atoms with Crippen LogP contribution in [0.2, 0.25) is 0 Å². The van der Waals surface area contributed by atoms with Crippen LogP contribution >= 0.6 is 0 Å². The summed E-state index contributed by atoms with van der Waals surface area (Å²) in [5.41, 5.74) is 0.336. The van der Waals surface area contributed by atoms with Crippen molar-refractivity contribution < 1.29 is 13.3 Å². The van der Waals surface area contributed by atoms with Crippen LogP contribution in [0.15, 0.2) is 64.3 Å². The van der Waals surface area contributed by atoms with Gasteiger partial charge in [0.1, 0.15) is 5.69 Å². The van der Waals surface area contributed by atoms with E-state index in [1.54, 1.807) is 36.0 Å². The molecule has 0 bridgehead atoms. The van der Waals surface area contributed by atoms with Gasteiger partial charge in [-0.1, -0.05) is 32.0 Å². The summed E-state index contributed by atoms with van der Waals surface area (Å²) in [5, 5.41) is 10.8. The number of aromatic nitrogens is 2. The SMILES string of the molecule is CC(C)c1c(NS(=O)(=O)c2ccc([N+](=O)[O-])cc2)c(=O)n(-c2ccccc2)n1C. The monoisotopic (exact) mass is 416 g/mol. The maximum Gasteiger partial charge on any atom is 0.296 e. The van der Waals surface area contributed by atoms with Gasteiger partial charge in [0.25, 0.3) is 21.3 Å². The molecule has 0 saturated carbocycles. The van der Waals surface area contributed by atoms with Crippen LogP contribution in [0.4, 0.5) is 11.4 Å². The molecule has 10 heteroatoms. The molecule has 0 aliphatic heterocycles. The van der Waals surface area contributed by atoms with E-state index in [9.17, 15) is 23.3 Å². The lowest BCUT2D eigenvalue weighted by molar-refractivity contribution is -0.384. The first kappa shape index (κ1) is 20.3. The minimum atomic E-state index is -4.12. The zero-order valence-electron chi connectivity index (χ0n) is 16.1. The number of benzene rings is 2. The smallest absolute Gasteiger partial charge is 0.283 e. The zero-order valence-corrected chi connectivity index (χ0v) is 16.9. The van der Waals surface area contributed by atoms with Crippen LogP contribution in [0.5, 0.6) is 0 Å². The van der Waals surface area contributed by atoms with Gasteiger partial charge in [0.2, 0.25) is 0 Å². The Kier molecular flexibility index (Phi) is 5.29. The van der Waals surface area contributed by atoms with E-state index in [1.165, 1.54) is 4.68 Å². The van der Waals surface area contributed by atoms with Gasteiger partial charge in [-0.05, 0) is 30.2 Å². The Hall–Kier alpha value is -3.40. The van der Waals surface area contributed by atoms with Crippen LogP contribution in [0.25, 0.3) is 5.69 Å². The molecule has 0 spiro atoms. The molecule has 0 saturated heterocycles. The zero-order chi connectivity index (χ0) is 21.3. The Morgan fingerprint density at radius 1 is 1.03 bits per heavy atom. The van der Waals surface area contributed by atoms with Crippen molar-refractivity contribution >= 4 is 21.4 Å². The highest BCUT2D eigenvalue weighted by molar-refractivity contribution is 7.92. The molecule has 3 rings (SSSR count). The molecule has 0 aliphatic rings. The molecule has 0 aliphatic carbocycles. The summed E-state index contributed by atoms with van der Waals surface area (Å²) in [5.74, 6) is -0.146. The standard InChI is InChI=1S/C19H20N4O5S/c1-13(2)18-17(19(24)22(21(18)3)14-7-5-4-6-8-14)20-29(27,28)16-11-9-15(10-12-16)23(25)26/h4-13,20H,1-3H3. The van der Waals surface area contributed by atoms with Crippen LogP contribution in [-0.4, -0.2) is 22.7 Å². The molecule has 1 aromatic heterocycles. The van der Waals surface area contributed by atoms with E-state index in [0.29, 0.717) is 11.4 Å². The van der Waals surface area contributed by atoms with Crippen LogP contribution in [0, 0.1) is 10.1 Å². The largest absolute Gasteiger partial charge is 0.296 e. The van der Waals surface area contributed by atoms with E-state index in [0.717, 1.165) is 24.3 Å². The molecule has 0 fully saturated rings. The molecule has 2 aromatic carbocycles. The van der Waals surface area contributed by atoms with Gasteiger partial charge in [0.05, 0.1) is 21.2 Å². The fourth-order valence-electron chi connectivity index (χ4n) is 3.18. The number of nitro benzene ring substituents is 1. The molecular formula is C19H20N4O5S. The molecular weight excluding hydrogens is 396 g/mol. The maximum atomic E-state index is 13.1. The first-order chi connectivity index (χ1) is 13.6. The minimum Gasteiger partial charge on any atom is -0.283 e. The summed E-state index contributed by atoms with van der Waals surface area (Å²) in [7, 11) is -2.43. The lowest BCUT2D eigenvalue weighted by Crippen LogP contribution is -2.23. The number of anilines is 1. The normalized spacial score (nSPS) is 11.6. The summed E-state index contributed by atoms with van der Waals surface area (Å²) in [4.78, 5) is 23.1. The molecule has 29 heavy (non-hydrogen) atoms. The predicted molar refractivity (Wildman–Crippen MR) is 109 cm³/mol. The number of sulfonamides is 1. The number of para-hydroxylation sites is 1. The van der Waals surface area contributed by atoms with Gasteiger partial charge in [-0.15, -0.1) is 0 Å². The molecule has 1 heterocycles. The predicted octanol–water partition coefficient (Wildman–Crippen LogP) is 3.01. The van der Waals surface area contributed by atoms with Crippen LogP contribution in [0.1, 0.15) is 25.5 Å². The molecule has 0 atom stereocenters. The summed E-state index contributed by atoms with van der Waals surface area (Å²) < 4.78 is 31.1. The fraction of sp³-hybridized carbons (Fsp3) is 0.211. The maximum absolute atomic E-state index is 13.1. The van der Waals surface area contributed by atoms with E-state index >= 15 is 0 Å². The minimum absolute atomic E-state index is 0.0512. The van der Waals surface area contributed by atoms with E-state index in [-0.39, 0.29) is 22.2 Å². The second-order valence-corrected chi connectivity index (χ2v) is 8.43. The van der Waals surface area contributed by atoms with Gasteiger partial charge in [-0.3, -0.25) is 24.3 Å². The Morgan fingerprint density at radius 2 is 1.62 bits per heavy atom. The lowest BCUT2D eigenvalue weighted by Gasteiger charge is -2.13. The van der Waals surface area contributed by atoms with E-state index < -0.39 is 20.5 Å². The van der Waals surface area contributed by atoms with E-state index in [2.05, 4.69) is 4.72 Å². The highest BCUT2D eigenvalue weighted by Crippen LogP contribution is 2.26. The summed E-state index contributed by atoms with van der Waals surface area (Å²) in [6.45, 7) is 3.71. The lowest BCUT2D eigenvalue weighted by atomic mass is 10.1. The van der Waals surface area contributed by atoms with Crippen molar-refractivity contribution in [2.75, 3.05) is 4.72 Å². The van der Waals surface area contributed by atoms with Crippen LogP contribution in [-0.2, 0) is 17.1 Å². The van der Waals surface area contributed by atoms with Crippen molar-refractivity contribution in [1.29, 1.82) is 0 Å². The van der Waals surface area contributed by atoms with E-state index in [1.807, 2.05) is 19.9 Å².